The number of amides is 2. The van der Waals surface area contributed by atoms with E-state index in [1.807, 2.05) is 0 Å². The minimum absolute atomic E-state index is 0.211. The highest BCUT2D eigenvalue weighted by Crippen LogP contribution is 2.29. The number of alkyl halides is 3. The number of aliphatic imine (C=N–C) groups is 1. The van der Waals surface area contributed by atoms with Gasteiger partial charge in [-0.15, -0.1) is 5.10 Å². The highest BCUT2D eigenvalue weighted by Gasteiger charge is 2.39. The number of halogens is 3. The zero-order valence-electron chi connectivity index (χ0n) is 13.2. The molecule has 0 radical (unpaired) electrons. The lowest BCUT2D eigenvalue weighted by atomic mass is 10.3. The van der Waals surface area contributed by atoms with Crippen molar-refractivity contribution >= 4 is 23.7 Å². The minimum Gasteiger partial charge on any atom is -0.369 e. The molecular formula is C14H13F3N6O2. The first-order valence-electron chi connectivity index (χ1n) is 6.86. The molecule has 0 saturated carbocycles. The van der Waals surface area contributed by atoms with Crippen molar-refractivity contribution in [3.05, 3.63) is 36.2 Å². The van der Waals surface area contributed by atoms with Gasteiger partial charge in [0, 0.05) is 13.8 Å². The van der Waals surface area contributed by atoms with E-state index in [-0.39, 0.29) is 5.69 Å². The van der Waals surface area contributed by atoms with E-state index in [4.69, 9.17) is 5.73 Å². The van der Waals surface area contributed by atoms with E-state index in [1.165, 1.54) is 12.1 Å². The number of anilines is 1. The largest absolute Gasteiger partial charge is 0.453 e. The Morgan fingerprint density at radius 3 is 2.28 bits per heavy atom. The van der Waals surface area contributed by atoms with Gasteiger partial charge in [-0.3, -0.25) is 9.59 Å². The molecule has 2 aromatic rings. The van der Waals surface area contributed by atoms with Crippen molar-refractivity contribution in [3.8, 4) is 5.69 Å². The number of guanidine groups is 1. The van der Waals surface area contributed by atoms with Crippen molar-refractivity contribution in [3.63, 3.8) is 0 Å². The molecule has 0 bridgehead atoms. The number of nitrogens with zero attached hydrogens (tertiary/aromatic N) is 5. The predicted molar refractivity (Wildman–Crippen MR) is 81.8 cm³/mol. The van der Waals surface area contributed by atoms with Gasteiger partial charge < -0.3 is 5.73 Å². The Labute approximate surface area is 139 Å². The number of carbonyl (C=O) groups excluding carboxylic acids is 2. The smallest absolute Gasteiger partial charge is 0.369 e. The van der Waals surface area contributed by atoms with E-state index in [0.717, 1.165) is 18.5 Å². The van der Waals surface area contributed by atoms with Crippen LogP contribution in [0.2, 0.25) is 0 Å². The fourth-order valence-corrected chi connectivity index (χ4v) is 1.93. The average molecular weight is 354 g/mol. The van der Waals surface area contributed by atoms with Crippen LogP contribution in [0.1, 0.15) is 19.7 Å². The lowest BCUT2D eigenvalue weighted by Crippen LogP contribution is -2.43. The van der Waals surface area contributed by atoms with Crippen molar-refractivity contribution in [2.45, 2.75) is 20.0 Å². The molecule has 0 spiro atoms. The van der Waals surface area contributed by atoms with Crippen LogP contribution in [0.4, 0.5) is 19.1 Å². The third kappa shape index (κ3) is 4.00. The number of hydrogen-bond donors (Lipinski definition) is 1. The average Bonchev–Trinajstić information content (AvgIpc) is 2.92. The van der Waals surface area contributed by atoms with Crippen LogP contribution in [0.15, 0.2) is 35.3 Å². The third-order valence-corrected chi connectivity index (χ3v) is 2.86. The molecule has 11 heteroatoms. The Bertz CT molecular complexity index is 829. The summed E-state index contributed by atoms with van der Waals surface area (Å²) in [7, 11) is 0. The molecule has 132 valence electrons. The summed E-state index contributed by atoms with van der Waals surface area (Å²) in [5.74, 6) is -4.13. The summed E-state index contributed by atoms with van der Waals surface area (Å²) in [4.78, 5) is 30.3. The molecule has 1 aromatic heterocycles. The highest BCUT2D eigenvalue weighted by molar-refractivity contribution is 6.16. The normalized spacial score (nSPS) is 12.1. The van der Waals surface area contributed by atoms with E-state index < -0.39 is 35.7 Å². The second kappa shape index (κ2) is 6.71. The van der Waals surface area contributed by atoms with Crippen LogP contribution in [0.5, 0.6) is 0 Å². The van der Waals surface area contributed by atoms with Crippen LogP contribution in [0.25, 0.3) is 5.69 Å². The molecule has 0 aliphatic heterocycles. The third-order valence-electron chi connectivity index (χ3n) is 2.86. The molecule has 0 aliphatic carbocycles. The van der Waals surface area contributed by atoms with Gasteiger partial charge >= 0.3 is 6.18 Å². The van der Waals surface area contributed by atoms with Crippen LogP contribution in [-0.4, -0.2) is 32.5 Å². The molecule has 0 fully saturated rings. The van der Waals surface area contributed by atoms with Crippen molar-refractivity contribution in [2.75, 3.05) is 4.90 Å². The summed E-state index contributed by atoms with van der Waals surface area (Å²) in [6.45, 7) is 2.12. The topological polar surface area (TPSA) is 106 Å². The molecule has 25 heavy (non-hydrogen) atoms. The molecule has 2 N–H and O–H groups in total. The Balaban J connectivity index is 2.71. The monoisotopic (exact) mass is 354 g/mol. The van der Waals surface area contributed by atoms with Gasteiger partial charge in [-0.2, -0.15) is 27.8 Å². The van der Waals surface area contributed by atoms with Gasteiger partial charge in [0.2, 0.25) is 23.7 Å². The molecule has 0 atom stereocenters. The second-order valence-corrected chi connectivity index (χ2v) is 4.82. The van der Waals surface area contributed by atoms with Gasteiger partial charge in [-0.1, -0.05) is 18.2 Å². The van der Waals surface area contributed by atoms with E-state index in [0.29, 0.717) is 4.90 Å². The summed E-state index contributed by atoms with van der Waals surface area (Å²) in [5, 5.41) is 3.41. The summed E-state index contributed by atoms with van der Waals surface area (Å²) < 4.78 is 39.8. The Morgan fingerprint density at radius 1 is 1.20 bits per heavy atom. The Morgan fingerprint density at radius 2 is 1.80 bits per heavy atom. The maximum absolute atomic E-state index is 13.0. The van der Waals surface area contributed by atoms with Gasteiger partial charge in [0.15, 0.2) is 0 Å². The number of para-hydroxylation sites is 1. The summed E-state index contributed by atoms with van der Waals surface area (Å²) >= 11 is 0. The number of nitrogens with two attached hydrogens (primary N) is 1. The zero-order valence-corrected chi connectivity index (χ0v) is 13.2. The molecule has 2 amide bonds. The van der Waals surface area contributed by atoms with Gasteiger partial charge in [-0.05, 0) is 12.1 Å². The van der Waals surface area contributed by atoms with Gasteiger partial charge in [0.25, 0.3) is 5.82 Å². The van der Waals surface area contributed by atoms with E-state index in [9.17, 15) is 22.8 Å². The van der Waals surface area contributed by atoms with Crippen LogP contribution < -0.4 is 10.6 Å². The number of hydrogen-bond acceptors (Lipinski definition) is 4. The zero-order chi connectivity index (χ0) is 18.8. The number of aromatic nitrogens is 3. The fraction of sp³-hybridized carbons (Fsp3) is 0.214. The first-order chi connectivity index (χ1) is 11.6. The SMILES string of the molecule is CC(=O)N=C(N)N(C(C)=O)c1nc(C(F)(F)F)nn1-c1ccccc1. The van der Waals surface area contributed by atoms with Crippen molar-refractivity contribution < 1.29 is 22.8 Å². The Hall–Kier alpha value is -3.24. The molecule has 1 aromatic carbocycles. The number of rotatable bonds is 2. The lowest BCUT2D eigenvalue weighted by Gasteiger charge is -2.18. The molecule has 2 rings (SSSR count). The van der Waals surface area contributed by atoms with E-state index in [2.05, 4.69) is 15.1 Å². The summed E-state index contributed by atoms with van der Waals surface area (Å²) in [6.07, 6.45) is -4.84. The summed E-state index contributed by atoms with van der Waals surface area (Å²) in [5.41, 5.74) is 5.80. The van der Waals surface area contributed by atoms with Crippen molar-refractivity contribution in [2.24, 2.45) is 10.7 Å². The van der Waals surface area contributed by atoms with Gasteiger partial charge in [0.05, 0.1) is 5.69 Å². The Kier molecular flexibility index (Phi) is 4.86. The van der Waals surface area contributed by atoms with Crippen LogP contribution in [-0.2, 0) is 15.8 Å². The van der Waals surface area contributed by atoms with Gasteiger partial charge in [0.1, 0.15) is 0 Å². The van der Waals surface area contributed by atoms with E-state index in [1.54, 1.807) is 18.2 Å². The molecule has 1 heterocycles. The molecule has 8 nitrogen and oxygen atoms in total. The lowest BCUT2D eigenvalue weighted by molar-refractivity contribution is -0.144. The molecule has 0 unspecified atom stereocenters. The maximum Gasteiger partial charge on any atom is 0.453 e. The quantitative estimate of drug-likeness (QED) is 0.650. The minimum atomic E-state index is -4.84. The number of carbonyl (C=O) groups is 2. The number of benzene rings is 1. The maximum atomic E-state index is 13.0. The van der Waals surface area contributed by atoms with Crippen molar-refractivity contribution in [1.29, 1.82) is 0 Å². The second-order valence-electron chi connectivity index (χ2n) is 4.82. The molecule has 0 aliphatic rings. The van der Waals surface area contributed by atoms with Crippen molar-refractivity contribution in [1.82, 2.24) is 14.8 Å². The molecular weight excluding hydrogens is 341 g/mol. The van der Waals surface area contributed by atoms with Crippen LogP contribution >= 0.6 is 0 Å². The first kappa shape index (κ1) is 18.1. The van der Waals surface area contributed by atoms with E-state index >= 15 is 0 Å². The van der Waals surface area contributed by atoms with Gasteiger partial charge in [-0.25, -0.2) is 4.90 Å². The van der Waals surface area contributed by atoms with Crippen LogP contribution in [0.3, 0.4) is 0 Å². The standard InChI is InChI=1S/C14H13F3N6O2/c1-8(24)19-12(18)22(9(2)25)13-20-11(14(15,16)17)21-23(13)10-6-4-3-5-7-10/h3-7H,1-2H3,(H2,18,19,24). The summed E-state index contributed by atoms with van der Waals surface area (Å²) in [6, 6.07) is 7.72. The first-order valence-corrected chi connectivity index (χ1v) is 6.86. The molecule has 0 saturated heterocycles. The van der Waals surface area contributed by atoms with Crippen LogP contribution in [0, 0.1) is 0 Å². The predicted octanol–water partition coefficient (Wildman–Crippen LogP) is 1.50. The fourth-order valence-electron chi connectivity index (χ4n) is 1.93. The highest BCUT2D eigenvalue weighted by atomic mass is 19.4.